The van der Waals surface area contributed by atoms with E-state index in [1.807, 2.05) is 60.7 Å². The average Bonchev–Trinajstić information content (AvgIpc) is 3.09. The molecule has 0 spiro atoms. The smallest absolute Gasteiger partial charge is 0.254 e. The lowest BCUT2D eigenvalue weighted by Gasteiger charge is -2.00. The van der Waals surface area contributed by atoms with Gasteiger partial charge in [0.15, 0.2) is 21.2 Å². The fourth-order valence-electron chi connectivity index (χ4n) is 3.21. The molecular weight excluding hydrogens is 695 g/mol. The molecule has 12 N–H and O–H groups in total. The summed E-state index contributed by atoms with van der Waals surface area (Å²) in [7, 11) is 3.38. The summed E-state index contributed by atoms with van der Waals surface area (Å²) in [5.41, 5.74) is 24.6. The normalized spacial score (nSPS) is 9.49. The van der Waals surface area contributed by atoms with Gasteiger partial charge in [-0.2, -0.15) is 29.9 Å². The Bertz CT molecular complexity index is 2030. The third kappa shape index (κ3) is 15.4. The van der Waals surface area contributed by atoms with E-state index in [9.17, 15) is 14.4 Å². The Kier molecular flexibility index (Phi) is 16.4. The second kappa shape index (κ2) is 20.6. The summed E-state index contributed by atoms with van der Waals surface area (Å²) in [6.07, 6.45) is 3.92. The van der Waals surface area contributed by atoms with Crippen LogP contribution in [0.3, 0.4) is 0 Å². The molecule has 0 atom stereocenters. The number of aromatic amines is 4. The largest absolute Gasteiger partial charge is 0.368 e. The molecule has 0 radical (unpaired) electrons. The zero-order valence-corrected chi connectivity index (χ0v) is 29.6. The van der Waals surface area contributed by atoms with Gasteiger partial charge < -0.3 is 37.8 Å². The summed E-state index contributed by atoms with van der Waals surface area (Å²) in [5.74, 6) is 1.53. The predicted octanol–water partition coefficient (Wildman–Crippen LogP) is 2.59. The van der Waals surface area contributed by atoms with Crippen LogP contribution in [0.2, 0.25) is 0 Å². The molecule has 0 saturated heterocycles. The first-order valence-electron chi connectivity index (χ1n) is 14.5. The highest BCUT2D eigenvalue weighted by Crippen LogP contribution is 2.15. The van der Waals surface area contributed by atoms with Crippen LogP contribution in [-0.4, -0.2) is 75.2 Å². The number of nitrogens with two attached hydrogens (primary N) is 4. The van der Waals surface area contributed by atoms with Crippen molar-refractivity contribution in [3.8, 4) is 22.8 Å². The van der Waals surface area contributed by atoms with Gasteiger partial charge >= 0.3 is 0 Å². The van der Waals surface area contributed by atoms with E-state index in [4.69, 9.17) is 22.9 Å². The molecule has 0 aliphatic carbocycles. The maximum atomic E-state index is 10.7. The standard InChI is InChI=1S/2C9H9N5.2C5H6N2OS.C3H7NO/c2*10-8-12-7(13-9(11)14-8)6-4-2-1-3-5-6;2*1-3-2-6-5(9)7-4(3)8;1-4(2)3-5/h2*1-5H,(H4,10,11,12,13,14);2*2H,1H3,(H2,6,7,8,9);3H,1-2H3. The maximum Gasteiger partial charge on any atom is 0.254 e. The molecule has 51 heavy (non-hydrogen) atoms. The first kappa shape index (κ1) is 40.5. The molecule has 0 unspecified atom stereocenters. The minimum Gasteiger partial charge on any atom is -0.368 e. The molecule has 6 rings (SSSR count). The van der Waals surface area contributed by atoms with E-state index in [-0.39, 0.29) is 34.9 Å². The van der Waals surface area contributed by atoms with E-state index < -0.39 is 0 Å². The Morgan fingerprint density at radius 1 is 0.588 bits per heavy atom. The molecule has 18 nitrogen and oxygen atoms in total. The second-order valence-corrected chi connectivity index (χ2v) is 10.9. The highest BCUT2D eigenvalue weighted by Gasteiger charge is 2.04. The van der Waals surface area contributed by atoms with Gasteiger partial charge in [-0.3, -0.25) is 24.4 Å². The van der Waals surface area contributed by atoms with Crippen molar-refractivity contribution >= 4 is 54.6 Å². The molecule has 0 bridgehead atoms. The summed E-state index contributed by atoms with van der Waals surface area (Å²) in [6, 6.07) is 18.9. The number of aryl methyl sites for hydroxylation is 2. The Balaban J connectivity index is 0.000000230. The number of benzene rings is 2. The molecule has 4 aromatic heterocycles. The van der Waals surface area contributed by atoms with Crippen molar-refractivity contribution in [2.45, 2.75) is 13.8 Å². The number of nitrogens with one attached hydrogen (secondary N) is 4. The Hall–Kier alpha value is -6.67. The number of rotatable bonds is 3. The van der Waals surface area contributed by atoms with Gasteiger partial charge in [0.2, 0.25) is 30.2 Å². The van der Waals surface area contributed by atoms with Gasteiger partial charge in [-0.25, -0.2) is 0 Å². The summed E-state index contributed by atoms with van der Waals surface area (Å²) in [6.45, 7) is 3.42. The predicted molar refractivity (Wildman–Crippen MR) is 202 cm³/mol. The number of carbonyl (C=O) groups excluding carboxylic acids is 1. The maximum absolute atomic E-state index is 10.7. The van der Waals surface area contributed by atoms with Crippen LogP contribution < -0.4 is 34.1 Å². The van der Waals surface area contributed by atoms with Crippen LogP contribution in [0.15, 0.2) is 82.6 Å². The monoisotopic (exact) mass is 731 g/mol. The zero-order valence-electron chi connectivity index (χ0n) is 28.0. The van der Waals surface area contributed by atoms with E-state index in [0.717, 1.165) is 17.5 Å². The summed E-state index contributed by atoms with van der Waals surface area (Å²) < 4.78 is 0.733. The number of H-pyrrole nitrogens is 4. The average molecular weight is 732 g/mol. The van der Waals surface area contributed by atoms with Crippen LogP contribution in [0.1, 0.15) is 11.1 Å². The quantitative estimate of drug-likeness (QED) is 0.0958. The van der Waals surface area contributed by atoms with Crippen molar-refractivity contribution in [2.75, 3.05) is 37.0 Å². The lowest BCUT2D eigenvalue weighted by atomic mass is 10.2. The fraction of sp³-hybridized carbons (Fsp3) is 0.129. The SMILES string of the molecule is CN(C)C=O.Cc1c[nH]c(=S)[nH]c1=O.Cc1c[nH]c(=S)[nH]c1=O.Nc1nc(N)nc(-c2ccccc2)n1.Nc1nc(N)nc(-c2ccccc2)n1. The number of nitrogen functional groups attached to an aromatic ring is 4. The number of carbonyl (C=O) groups is 1. The highest BCUT2D eigenvalue weighted by molar-refractivity contribution is 7.71. The zero-order chi connectivity index (χ0) is 37.9. The molecule has 0 saturated carbocycles. The number of nitrogens with zero attached hydrogens (tertiary/aromatic N) is 7. The number of amides is 1. The molecule has 4 heterocycles. The van der Waals surface area contributed by atoms with Crippen molar-refractivity contribution in [1.82, 2.24) is 54.7 Å². The van der Waals surface area contributed by atoms with Crippen LogP contribution in [0.4, 0.5) is 23.8 Å². The molecule has 20 heteroatoms. The molecule has 0 aliphatic rings. The van der Waals surface area contributed by atoms with Crippen LogP contribution >= 0.6 is 24.4 Å². The minimum atomic E-state index is -0.126. The first-order chi connectivity index (χ1) is 24.2. The van der Waals surface area contributed by atoms with Gasteiger partial charge in [0.25, 0.3) is 11.1 Å². The van der Waals surface area contributed by atoms with Crippen molar-refractivity contribution in [3.05, 3.63) is 114 Å². The van der Waals surface area contributed by atoms with Gasteiger partial charge in [-0.05, 0) is 38.3 Å². The number of anilines is 4. The van der Waals surface area contributed by atoms with Gasteiger partial charge in [-0.15, -0.1) is 0 Å². The molecular formula is C31H37N15O3S2. The molecule has 1 amide bonds. The third-order valence-electron chi connectivity index (χ3n) is 5.62. The molecule has 2 aromatic carbocycles. The molecule has 6 aromatic rings. The number of aromatic nitrogens is 10. The summed E-state index contributed by atoms with van der Waals surface area (Å²) in [4.78, 5) is 65.9. The van der Waals surface area contributed by atoms with Crippen LogP contribution in [0, 0.1) is 23.4 Å². The second-order valence-electron chi connectivity index (χ2n) is 10.1. The number of hydrogen-bond acceptors (Lipinski definition) is 15. The molecule has 0 aliphatic heterocycles. The van der Waals surface area contributed by atoms with E-state index >= 15 is 0 Å². The van der Waals surface area contributed by atoms with Gasteiger partial charge in [-0.1, -0.05) is 60.7 Å². The lowest BCUT2D eigenvalue weighted by Crippen LogP contribution is -2.09. The van der Waals surface area contributed by atoms with Gasteiger partial charge in [0.05, 0.1) is 0 Å². The van der Waals surface area contributed by atoms with Crippen molar-refractivity contribution in [3.63, 3.8) is 0 Å². The topological polar surface area (TPSA) is 299 Å². The van der Waals surface area contributed by atoms with Crippen molar-refractivity contribution < 1.29 is 4.79 Å². The summed E-state index contributed by atoms with van der Waals surface area (Å²) >= 11 is 9.30. The fourth-order valence-corrected chi connectivity index (χ4v) is 3.51. The Morgan fingerprint density at radius 3 is 1.12 bits per heavy atom. The van der Waals surface area contributed by atoms with Crippen LogP contribution in [0.5, 0.6) is 0 Å². The Labute approximate surface area is 301 Å². The van der Waals surface area contributed by atoms with Crippen LogP contribution in [0.25, 0.3) is 22.8 Å². The van der Waals surface area contributed by atoms with E-state index in [1.165, 1.54) is 4.90 Å². The number of hydrogen-bond donors (Lipinski definition) is 8. The van der Waals surface area contributed by atoms with Crippen LogP contribution in [-0.2, 0) is 4.79 Å². The van der Waals surface area contributed by atoms with Crippen molar-refractivity contribution in [1.29, 1.82) is 0 Å². The van der Waals surface area contributed by atoms with Gasteiger partial charge in [0.1, 0.15) is 0 Å². The summed E-state index contributed by atoms with van der Waals surface area (Å²) in [5, 5.41) is 0. The van der Waals surface area contributed by atoms with E-state index in [0.29, 0.717) is 32.3 Å². The Morgan fingerprint density at radius 2 is 0.882 bits per heavy atom. The van der Waals surface area contributed by atoms with Gasteiger partial charge in [0, 0.05) is 48.7 Å². The lowest BCUT2D eigenvalue weighted by molar-refractivity contribution is -0.115. The molecule has 266 valence electrons. The first-order valence-corrected chi connectivity index (χ1v) is 15.3. The third-order valence-corrected chi connectivity index (χ3v) is 6.06. The highest BCUT2D eigenvalue weighted by atomic mass is 32.1. The van der Waals surface area contributed by atoms with E-state index in [2.05, 4.69) is 74.3 Å². The van der Waals surface area contributed by atoms with Crippen molar-refractivity contribution in [2.24, 2.45) is 0 Å². The minimum absolute atomic E-state index is 0.126. The van der Waals surface area contributed by atoms with E-state index in [1.54, 1.807) is 40.3 Å². The molecule has 0 fully saturated rings.